The van der Waals surface area contributed by atoms with Crippen LogP contribution in [0.25, 0.3) is 0 Å². The lowest BCUT2D eigenvalue weighted by atomic mass is 9.69. The van der Waals surface area contributed by atoms with Gasteiger partial charge in [-0.25, -0.2) is 0 Å². The van der Waals surface area contributed by atoms with E-state index in [4.69, 9.17) is 4.74 Å². The van der Waals surface area contributed by atoms with Crippen LogP contribution in [0, 0.1) is 33.1 Å². The molecule has 0 saturated heterocycles. The maximum absolute atomic E-state index is 6.38. The zero-order valence-electron chi connectivity index (χ0n) is 13.1. The van der Waals surface area contributed by atoms with E-state index < -0.39 is 0 Å². The Kier molecular flexibility index (Phi) is 2.81. The quantitative estimate of drug-likeness (QED) is 0.647. The number of rotatable bonds is 0. The number of hydrogen-bond acceptors (Lipinski definition) is 1. The third-order valence-corrected chi connectivity index (χ3v) is 5.36. The van der Waals surface area contributed by atoms with E-state index in [9.17, 15) is 0 Å². The topological polar surface area (TPSA) is 9.23 Å². The van der Waals surface area contributed by atoms with Crippen LogP contribution in [0.15, 0.2) is 0 Å². The summed E-state index contributed by atoms with van der Waals surface area (Å²) in [4.78, 5) is 0. The zero-order chi connectivity index (χ0) is 13.9. The molecule has 0 saturated carbocycles. The van der Waals surface area contributed by atoms with Gasteiger partial charge in [0.1, 0.15) is 11.4 Å². The van der Waals surface area contributed by atoms with Gasteiger partial charge in [0, 0.05) is 5.41 Å². The molecule has 1 heterocycles. The number of hydrogen-bond donors (Lipinski definition) is 0. The van der Waals surface area contributed by atoms with Crippen molar-refractivity contribution in [3.05, 3.63) is 27.8 Å². The summed E-state index contributed by atoms with van der Waals surface area (Å²) < 4.78 is 6.38. The van der Waals surface area contributed by atoms with Crippen molar-refractivity contribution in [1.29, 1.82) is 0 Å². The highest BCUT2D eigenvalue weighted by molar-refractivity contribution is 5.55. The molecule has 100 valence electrons. The Morgan fingerprint density at radius 2 is 1.28 bits per heavy atom. The van der Waals surface area contributed by atoms with E-state index in [2.05, 4.69) is 55.4 Å². The average Bonchev–Trinajstić information content (AvgIpc) is 2.26. The van der Waals surface area contributed by atoms with Crippen molar-refractivity contribution in [1.82, 2.24) is 0 Å². The smallest absolute Gasteiger partial charge is 0.126 e. The van der Waals surface area contributed by atoms with Crippen LogP contribution in [0.4, 0.5) is 0 Å². The third kappa shape index (κ3) is 1.67. The Morgan fingerprint density at radius 1 is 0.778 bits per heavy atom. The molecule has 1 aromatic carbocycles. The van der Waals surface area contributed by atoms with Gasteiger partial charge in [-0.3, -0.25) is 0 Å². The van der Waals surface area contributed by atoms with Crippen LogP contribution in [-0.2, 0) is 6.42 Å². The van der Waals surface area contributed by atoms with Crippen molar-refractivity contribution < 1.29 is 4.74 Å². The maximum Gasteiger partial charge on any atom is 0.126 e. The molecule has 1 nitrogen and oxygen atoms in total. The fourth-order valence-electron chi connectivity index (χ4n) is 2.75. The van der Waals surface area contributed by atoms with Gasteiger partial charge in [0.25, 0.3) is 0 Å². The summed E-state index contributed by atoms with van der Waals surface area (Å²) in [6, 6.07) is 0. The SMILES string of the molecule is Cc1c(C)c(C)c2c(c1C)CC(C)(C)C(C)(C)O2. The Labute approximate surface area is 112 Å². The molecule has 1 heteroatoms. The van der Waals surface area contributed by atoms with Gasteiger partial charge in [-0.1, -0.05) is 13.8 Å². The fraction of sp³-hybridized carbons (Fsp3) is 0.647. The normalized spacial score (nSPS) is 20.2. The highest BCUT2D eigenvalue weighted by Gasteiger charge is 2.44. The Balaban J connectivity index is 2.71. The zero-order valence-corrected chi connectivity index (χ0v) is 13.1. The lowest BCUT2D eigenvalue weighted by Gasteiger charge is -2.47. The summed E-state index contributed by atoms with van der Waals surface area (Å²) in [7, 11) is 0. The predicted octanol–water partition coefficient (Wildman–Crippen LogP) is 4.66. The van der Waals surface area contributed by atoms with Crippen LogP contribution in [0.3, 0.4) is 0 Å². The summed E-state index contributed by atoms with van der Waals surface area (Å²) in [5, 5.41) is 0. The van der Waals surface area contributed by atoms with Crippen molar-refractivity contribution in [3.63, 3.8) is 0 Å². The van der Waals surface area contributed by atoms with E-state index in [1.807, 2.05) is 0 Å². The minimum absolute atomic E-state index is 0.112. The predicted molar refractivity (Wildman–Crippen MR) is 77.6 cm³/mol. The molecule has 0 unspecified atom stereocenters. The van der Waals surface area contributed by atoms with Gasteiger partial charge in [0.05, 0.1) is 0 Å². The highest BCUT2D eigenvalue weighted by atomic mass is 16.5. The van der Waals surface area contributed by atoms with E-state index in [1.165, 1.54) is 27.8 Å². The van der Waals surface area contributed by atoms with Crippen molar-refractivity contribution in [2.75, 3.05) is 0 Å². The molecule has 0 N–H and O–H groups in total. The first-order chi connectivity index (χ1) is 8.08. The number of ether oxygens (including phenoxy) is 1. The third-order valence-electron chi connectivity index (χ3n) is 5.36. The van der Waals surface area contributed by atoms with Gasteiger partial charge < -0.3 is 4.74 Å². The molecule has 0 aliphatic carbocycles. The van der Waals surface area contributed by atoms with Crippen LogP contribution >= 0.6 is 0 Å². The van der Waals surface area contributed by atoms with E-state index >= 15 is 0 Å². The second kappa shape index (κ2) is 3.76. The molecule has 1 aliphatic rings. The fourth-order valence-corrected chi connectivity index (χ4v) is 2.75. The Bertz CT molecular complexity index is 460. The van der Waals surface area contributed by atoms with E-state index in [0.29, 0.717) is 0 Å². The van der Waals surface area contributed by atoms with Crippen molar-refractivity contribution >= 4 is 0 Å². The molecule has 1 aromatic rings. The van der Waals surface area contributed by atoms with Crippen LogP contribution < -0.4 is 4.74 Å². The average molecular weight is 246 g/mol. The standard InChI is InChI=1S/C17H26O/c1-10-11(2)13(4)15-14(12(10)3)9-16(5,6)17(7,8)18-15/h9H2,1-8H3. The molecule has 0 atom stereocenters. The van der Waals surface area contributed by atoms with Gasteiger partial charge in [-0.2, -0.15) is 0 Å². The molecule has 0 radical (unpaired) electrons. The van der Waals surface area contributed by atoms with Crippen molar-refractivity contribution in [3.8, 4) is 5.75 Å². The molecular weight excluding hydrogens is 220 g/mol. The monoisotopic (exact) mass is 246 g/mol. The largest absolute Gasteiger partial charge is 0.487 e. The molecule has 0 bridgehead atoms. The first-order valence-electron chi connectivity index (χ1n) is 6.87. The van der Waals surface area contributed by atoms with Gasteiger partial charge in [0.15, 0.2) is 0 Å². The van der Waals surface area contributed by atoms with Gasteiger partial charge in [-0.05, 0) is 75.8 Å². The molecule has 0 fully saturated rings. The Morgan fingerprint density at radius 3 is 1.83 bits per heavy atom. The first-order valence-corrected chi connectivity index (χ1v) is 6.87. The molecule has 2 rings (SSSR count). The highest BCUT2D eigenvalue weighted by Crippen LogP contribution is 2.48. The molecular formula is C17H26O. The van der Waals surface area contributed by atoms with E-state index in [1.54, 1.807) is 0 Å². The van der Waals surface area contributed by atoms with Crippen LogP contribution in [0.1, 0.15) is 55.5 Å². The molecule has 1 aliphatic heterocycles. The summed E-state index contributed by atoms with van der Waals surface area (Å²) in [6.07, 6.45) is 1.10. The second-order valence-corrected chi connectivity index (χ2v) is 6.98. The lowest BCUT2D eigenvalue weighted by Crippen LogP contribution is -2.49. The molecule has 0 amide bonds. The van der Waals surface area contributed by atoms with Crippen LogP contribution in [0.5, 0.6) is 5.75 Å². The summed E-state index contributed by atoms with van der Waals surface area (Å²) in [5.74, 6) is 1.14. The minimum atomic E-state index is -0.112. The summed E-state index contributed by atoms with van der Waals surface area (Å²) in [5.41, 5.74) is 7.00. The van der Waals surface area contributed by atoms with E-state index in [0.717, 1.165) is 12.2 Å². The van der Waals surface area contributed by atoms with Crippen molar-refractivity contribution in [2.45, 2.75) is 67.4 Å². The van der Waals surface area contributed by atoms with Crippen LogP contribution in [0.2, 0.25) is 0 Å². The second-order valence-electron chi connectivity index (χ2n) is 6.98. The Hall–Kier alpha value is -0.980. The summed E-state index contributed by atoms with van der Waals surface area (Å²) in [6.45, 7) is 17.9. The lowest BCUT2D eigenvalue weighted by molar-refractivity contribution is -0.0279. The van der Waals surface area contributed by atoms with Gasteiger partial charge in [-0.15, -0.1) is 0 Å². The number of fused-ring (bicyclic) bond motifs is 1. The minimum Gasteiger partial charge on any atom is -0.487 e. The van der Waals surface area contributed by atoms with Gasteiger partial charge in [0.2, 0.25) is 0 Å². The maximum atomic E-state index is 6.38. The molecule has 18 heavy (non-hydrogen) atoms. The molecule has 0 spiro atoms. The summed E-state index contributed by atoms with van der Waals surface area (Å²) >= 11 is 0. The van der Waals surface area contributed by atoms with Crippen molar-refractivity contribution in [2.24, 2.45) is 5.41 Å². The van der Waals surface area contributed by atoms with E-state index in [-0.39, 0.29) is 11.0 Å². The van der Waals surface area contributed by atoms with Gasteiger partial charge >= 0.3 is 0 Å². The first kappa shape index (κ1) is 13.5. The number of benzene rings is 1. The van der Waals surface area contributed by atoms with Crippen LogP contribution in [-0.4, -0.2) is 5.60 Å². The molecule has 0 aromatic heterocycles.